The van der Waals surface area contributed by atoms with Gasteiger partial charge in [-0.2, -0.15) is 0 Å². The molecule has 132 valence electrons. The number of hydrogen-bond donors (Lipinski definition) is 2. The van der Waals surface area contributed by atoms with Gasteiger partial charge in [-0.1, -0.05) is 18.2 Å². The van der Waals surface area contributed by atoms with E-state index in [9.17, 15) is 4.79 Å². The van der Waals surface area contributed by atoms with Gasteiger partial charge in [0.1, 0.15) is 0 Å². The first-order chi connectivity index (χ1) is 12.0. The number of nitrogens with one attached hydrogen (secondary N) is 2. The van der Waals surface area contributed by atoms with Crippen molar-refractivity contribution in [2.75, 3.05) is 25.5 Å². The van der Waals surface area contributed by atoms with Crippen LogP contribution in [0.5, 0.6) is 0 Å². The number of carbonyl (C=O) groups excluding carboxylic acids is 1. The van der Waals surface area contributed by atoms with Crippen molar-refractivity contribution in [3.63, 3.8) is 0 Å². The zero-order chi connectivity index (χ0) is 17.8. The van der Waals surface area contributed by atoms with Crippen LogP contribution in [0.4, 0.5) is 5.95 Å². The van der Waals surface area contributed by atoms with E-state index in [1.807, 2.05) is 31.2 Å². The fourth-order valence-corrected chi connectivity index (χ4v) is 2.97. The first-order valence-corrected chi connectivity index (χ1v) is 8.55. The molecule has 0 unspecified atom stereocenters. The molecule has 1 aliphatic rings. The van der Waals surface area contributed by atoms with Gasteiger partial charge in [0.25, 0.3) is 0 Å². The number of hydrogen-bond acceptors (Lipinski definition) is 5. The Bertz CT molecular complexity index is 795. The van der Waals surface area contributed by atoms with Crippen LogP contribution in [0.1, 0.15) is 25.5 Å². The van der Waals surface area contributed by atoms with Gasteiger partial charge >= 0.3 is 0 Å². The number of anilines is 1. The molecule has 0 saturated carbocycles. The van der Waals surface area contributed by atoms with Gasteiger partial charge in [0.05, 0.1) is 17.3 Å². The second-order valence-electron chi connectivity index (χ2n) is 6.47. The standard InChI is InChI=1S/C18H24N6O/c1-12-15-6-4-5-7-16(15)22-17(19-12)23-18(20-13(2)25)21-14-8-10-24(3)11-9-14/h4-7,14H,8-11H2,1-3H3,(H2,19,20,21,22,23,25). The minimum absolute atomic E-state index is 0.170. The maximum Gasteiger partial charge on any atom is 0.230 e. The summed E-state index contributed by atoms with van der Waals surface area (Å²) in [5.74, 6) is 0.685. The van der Waals surface area contributed by atoms with E-state index in [1.165, 1.54) is 6.92 Å². The molecule has 0 radical (unpaired) electrons. The average molecular weight is 340 g/mol. The lowest BCUT2D eigenvalue weighted by Gasteiger charge is -2.27. The predicted molar refractivity (Wildman–Crippen MR) is 99.7 cm³/mol. The fourth-order valence-electron chi connectivity index (χ4n) is 2.97. The van der Waals surface area contributed by atoms with Crippen molar-refractivity contribution in [2.24, 2.45) is 4.99 Å². The summed E-state index contributed by atoms with van der Waals surface area (Å²) in [6.07, 6.45) is 1.94. The number of guanidine groups is 1. The van der Waals surface area contributed by atoms with Crippen LogP contribution in [0, 0.1) is 6.92 Å². The largest absolute Gasteiger partial charge is 0.306 e. The van der Waals surface area contributed by atoms with Crippen molar-refractivity contribution in [1.29, 1.82) is 0 Å². The number of nitrogens with zero attached hydrogens (tertiary/aromatic N) is 4. The Morgan fingerprint density at radius 1 is 1.24 bits per heavy atom. The van der Waals surface area contributed by atoms with Crippen molar-refractivity contribution in [3.8, 4) is 0 Å². The topological polar surface area (TPSA) is 82.5 Å². The van der Waals surface area contributed by atoms with E-state index in [0.29, 0.717) is 11.9 Å². The number of benzene rings is 1. The van der Waals surface area contributed by atoms with E-state index in [2.05, 4.69) is 37.5 Å². The SMILES string of the molecule is CC(=O)NC(=NC1CCN(C)CC1)Nc1nc(C)c2ccccc2n1. The van der Waals surface area contributed by atoms with Crippen molar-refractivity contribution in [2.45, 2.75) is 32.7 Å². The molecule has 1 aromatic carbocycles. The van der Waals surface area contributed by atoms with E-state index >= 15 is 0 Å². The molecule has 3 rings (SSSR count). The van der Waals surface area contributed by atoms with Crippen molar-refractivity contribution >= 4 is 28.7 Å². The number of likely N-dealkylation sites (tertiary alicyclic amines) is 1. The second-order valence-corrected chi connectivity index (χ2v) is 6.47. The van der Waals surface area contributed by atoms with E-state index in [-0.39, 0.29) is 11.9 Å². The minimum atomic E-state index is -0.170. The van der Waals surface area contributed by atoms with Crippen LogP contribution >= 0.6 is 0 Å². The summed E-state index contributed by atoms with van der Waals surface area (Å²) in [4.78, 5) is 27.5. The van der Waals surface area contributed by atoms with Crippen LogP contribution in [0.2, 0.25) is 0 Å². The number of amides is 1. The van der Waals surface area contributed by atoms with Crippen LogP contribution in [-0.4, -0.2) is 52.9 Å². The number of para-hydroxylation sites is 1. The lowest BCUT2D eigenvalue weighted by molar-refractivity contribution is -0.117. The number of aryl methyl sites for hydroxylation is 1. The molecule has 1 aliphatic heterocycles. The van der Waals surface area contributed by atoms with Gasteiger partial charge < -0.3 is 4.90 Å². The molecule has 0 bridgehead atoms. The Hall–Kier alpha value is -2.54. The Kier molecular flexibility index (Phi) is 5.23. The molecule has 25 heavy (non-hydrogen) atoms. The van der Waals surface area contributed by atoms with Crippen LogP contribution in [0.25, 0.3) is 10.9 Å². The van der Waals surface area contributed by atoms with Gasteiger partial charge in [0.2, 0.25) is 17.8 Å². The molecule has 2 heterocycles. The number of fused-ring (bicyclic) bond motifs is 1. The summed E-state index contributed by atoms with van der Waals surface area (Å²) < 4.78 is 0. The van der Waals surface area contributed by atoms with Gasteiger partial charge in [0, 0.05) is 12.3 Å². The highest BCUT2D eigenvalue weighted by Gasteiger charge is 2.17. The van der Waals surface area contributed by atoms with Gasteiger partial charge in [-0.15, -0.1) is 0 Å². The quantitative estimate of drug-likeness (QED) is 0.645. The molecule has 2 N–H and O–H groups in total. The van der Waals surface area contributed by atoms with Gasteiger partial charge in [-0.3, -0.25) is 15.4 Å². The molecule has 1 amide bonds. The smallest absolute Gasteiger partial charge is 0.230 e. The molecule has 2 aromatic rings. The van der Waals surface area contributed by atoms with E-state index in [1.54, 1.807) is 0 Å². The minimum Gasteiger partial charge on any atom is -0.306 e. The third kappa shape index (κ3) is 4.51. The van der Waals surface area contributed by atoms with Crippen molar-refractivity contribution in [1.82, 2.24) is 20.2 Å². The van der Waals surface area contributed by atoms with Crippen molar-refractivity contribution < 1.29 is 4.79 Å². The monoisotopic (exact) mass is 340 g/mol. The van der Waals surface area contributed by atoms with Crippen LogP contribution < -0.4 is 10.6 Å². The summed E-state index contributed by atoms with van der Waals surface area (Å²) in [5.41, 5.74) is 1.74. The first-order valence-electron chi connectivity index (χ1n) is 8.55. The molecule has 1 aromatic heterocycles. The molecule has 1 saturated heterocycles. The van der Waals surface area contributed by atoms with E-state index < -0.39 is 0 Å². The van der Waals surface area contributed by atoms with Crippen LogP contribution in [-0.2, 0) is 4.79 Å². The molecule has 0 spiro atoms. The predicted octanol–water partition coefficient (Wildman–Crippen LogP) is 1.94. The molecule has 7 heteroatoms. The number of carbonyl (C=O) groups is 1. The Morgan fingerprint density at radius 2 is 1.96 bits per heavy atom. The zero-order valence-corrected chi connectivity index (χ0v) is 14.9. The maximum absolute atomic E-state index is 11.5. The maximum atomic E-state index is 11.5. The molecular weight excluding hydrogens is 316 g/mol. The summed E-state index contributed by atoms with van der Waals surface area (Å²) in [6.45, 7) is 5.43. The zero-order valence-electron chi connectivity index (χ0n) is 14.9. The third-order valence-corrected chi connectivity index (χ3v) is 4.32. The van der Waals surface area contributed by atoms with Crippen LogP contribution in [0.3, 0.4) is 0 Å². The molecule has 1 fully saturated rings. The van der Waals surface area contributed by atoms with Gasteiger partial charge in [-0.05, 0) is 46.0 Å². The lowest BCUT2D eigenvalue weighted by Crippen LogP contribution is -2.38. The Morgan fingerprint density at radius 3 is 2.68 bits per heavy atom. The highest BCUT2D eigenvalue weighted by Crippen LogP contribution is 2.17. The summed E-state index contributed by atoms with van der Waals surface area (Å²) in [6, 6.07) is 8.04. The Balaban J connectivity index is 1.83. The second kappa shape index (κ2) is 7.57. The summed E-state index contributed by atoms with van der Waals surface area (Å²) in [5, 5.41) is 6.86. The molecule has 0 aliphatic carbocycles. The summed E-state index contributed by atoms with van der Waals surface area (Å²) >= 11 is 0. The number of aliphatic imine (C=N–C) groups is 1. The van der Waals surface area contributed by atoms with Crippen molar-refractivity contribution in [3.05, 3.63) is 30.0 Å². The molecule has 7 nitrogen and oxygen atoms in total. The summed E-state index contributed by atoms with van der Waals surface area (Å²) in [7, 11) is 2.11. The van der Waals surface area contributed by atoms with E-state index in [4.69, 9.17) is 0 Å². The molecule has 0 atom stereocenters. The third-order valence-electron chi connectivity index (χ3n) is 4.32. The highest BCUT2D eigenvalue weighted by molar-refractivity contribution is 6.03. The number of aromatic nitrogens is 2. The average Bonchev–Trinajstić information content (AvgIpc) is 2.56. The normalized spacial score (nSPS) is 16.8. The first kappa shape index (κ1) is 17.3. The number of piperidine rings is 1. The molecular formula is C18H24N6O. The van der Waals surface area contributed by atoms with Gasteiger partial charge in [-0.25, -0.2) is 15.0 Å². The van der Waals surface area contributed by atoms with E-state index in [0.717, 1.165) is 42.5 Å². The highest BCUT2D eigenvalue weighted by atomic mass is 16.1. The lowest BCUT2D eigenvalue weighted by atomic mass is 10.1. The van der Waals surface area contributed by atoms with Gasteiger partial charge in [0.15, 0.2) is 0 Å². The Labute approximate surface area is 147 Å². The number of rotatable bonds is 2. The van der Waals surface area contributed by atoms with Crippen LogP contribution in [0.15, 0.2) is 29.3 Å². The fraction of sp³-hybridized carbons (Fsp3) is 0.444.